The summed E-state index contributed by atoms with van der Waals surface area (Å²) < 4.78 is 17.3. The van der Waals surface area contributed by atoms with Gasteiger partial charge in [-0.3, -0.25) is 0 Å². The predicted octanol–water partition coefficient (Wildman–Crippen LogP) is 2.27. The number of hydrogen-bond donors (Lipinski definition) is 1. The summed E-state index contributed by atoms with van der Waals surface area (Å²) in [5.74, 6) is 0.732. The minimum Gasteiger partial charge on any atom is -0.491 e. The van der Waals surface area contributed by atoms with Gasteiger partial charge in [-0.1, -0.05) is 0 Å². The Bertz CT molecular complexity index is 397. The molecule has 1 heterocycles. The van der Waals surface area contributed by atoms with Crippen molar-refractivity contribution in [2.45, 2.75) is 25.8 Å². The molecule has 0 radical (unpaired) electrons. The van der Waals surface area contributed by atoms with Crippen molar-refractivity contribution in [3.05, 3.63) is 23.8 Å². The lowest BCUT2D eigenvalue weighted by Gasteiger charge is -2.33. The van der Waals surface area contributed by atoms with E-state index >= 15 is 0 Å². The number of benzene rings is 1. The topological polar surface area (TPSA) is 38.5 Å². The van der Waals surface area contributed by atoms with Crippen LogP contribution in [-0.4, -0.2) is 32.4 Å². The van der Waals surface area contributed by atoms with Crippen LogP contribution in [0.4, 0.5) is 10.1 Å². The molecule has 0 saturated carbocycles. The maximum atomic E-state index is 12.0. The molecule has 1 atom stereocenters. The Morgan fingerprint density at radius 3 is 3.00 bits per heavy atom. The number of hydrogen-bond acceptors (Lipinski definition) is 3. The van der Waals surface area contributed by atoms with Crippen LogP contribution >= 0.6 is 0 Å². The minimum absolute atomic E-state index is 0.118. The average molecular weight is 252 g/mol. The van der Waals surface area contributed by atoms with Gasteiger partial charge in [0.15, 0.2) is 0 Å². The minimum atomic E-state index is -0.457. The highest BCUT2D eigenvalue weighted by Crippen LogP contribution is 2.27. The zero-order chi connectivity index (χ0) is 13.0. The Morgan fingerprint density at radius 2 is 2.33 bits per heavy atom. The number of nitrogens with zero attached hydrogens (tertiary/aromatic N) is 1. The van der Waals surface area contributed by atoms with E-state index in [0.29, 0.717) is 0 Å². The van der Waals surface area contributed by atoms with Crippen molar-refractivity contribution in [2.75, 3.05) is 31.3 Å². The van der Waals surface area contributed by atoms with E-state index in [1.54, 1.807) is 0 Å². The number of piperidine rings is 1. The normalized spacial score (nSPS) is 19.9. The fourth-order valence-electron chi connectivity index (χ4n) is 2.46. The molecule has 0 spiro atoms. The first-order valence-corrected chi connectivity index (χ1v) is 6.50. The van der Waals surface area contributed by atoms with Gasteiger partial charge in [-0.25, -0.2) is 4.39 Å². The van der Waals surface area contributed by atoms with Crippen LogP contribution in [-0.2, 0) is 0 Å². The number of alkyl halides is 1. The van der Waals surface area contributed by atoms with Gasteiger partial charge in [-0.05, 0) is 43.5 Å². The van der Waals surface area contributed by atoms with Gasteiger partial charge < -0.3 is 15.4 Å². The van der Waals surface area contributed by atoms with E-state index in [0.717, 1.165) is 37.2 Å². The van der Waals surface area contributed by atoms with Gasteiger partial charge in [0.2, 0.25) is 0 Å². The zero-order valence-corrected chi connectivity index (χ0v) is 10.9. The highest BCUT2D eigenvalue weighted by Gasteiger charge is 2.18. The molecule has 18 heavy (non-hydrogen) atoms. The smallest absolute Gasteiger partial charge is 0.123 e. The summed E-state index contributed by atoms with van der Waals surface area (Å²) >= 11 is 0. The highest BCUT2D eigenvalue weighted by molar-refractivity contribution is 5.56. The van der Waals surface area contributed by atoms with Crippen molar-refractivity contribution in [1.82, 2.24) is 0 Å². The molecule has 1 unspecified atom stereocenters. The summed E-state index contributed by atoms with van der Waals surface area (Å²) in [6.07, 6.45) is 2.24. The highest BCUT2D eigenvalue weighted by atomic mass is 19.1. The molecule has 2 rings (SSSR count). The summed E-state index contributed by atoms with van der Waals surface area (Å²) in [7, 11) is 0. The number of nitrogens with two attached hydrogens (primary N) is 1. The van der Waals surface area contributed by atoms with Gasteiger partial charge in [0, 0.05) is 24.8 Å². The monoisotopic (exact) mass is 252 g/mol. The summed E-state index contributed by atoms with van der Waals surface area (Å²) in [6.45, 7) is 3.68. The van der Waals surface area contributed by atoms with Crippen molar-refractivity contribution in [3.8, 4) is 5.75 Å². The lowest BCUT2D eigenvalue weighted by atomic mass is 10.0. The van der Waals surface area contributed by atoms with Gasteiger partial charge in [0.05, 0.1) is 0 Å². The molecular formula is C14H21FN2O. The predicted molar refractivity (Wildman–Crippen MR) is 72.1 cm³/mol. The molecule has 100 valence electrons. The Balaban J connectivity index is 2.08. The van der Waals surface area contributed by atoms with E-state index in [9.17, 15) is 4.39 Å². The number of rotatable bonds is 4. The molecule has 2 N–H and O–H groups in total. The third kappa shape index (κ3) is 3.13. The first-order valence-electron chi connectivity index (χ1n) is 6.50. The van der Waals surface area contributed by atoms with Crippen LogP contribution in [0.15, 0.2) is 18.2 Å². The van der Waals surface area contributed by atoms with E-state index in [1.807, 2.05) is 18.2 Å². The second-order valence-electron chi connectivity index (χ2n) is 4.83. The third-order valence-electron chi connectivity index (χ3n) is 3.31. The first-order chi connectivity index (χ1) is 8.70. The number of aryl methyl sites for hydroxylation is 1. The lowest BCUT2D eigenvalue weighted by molar-refractivity contribution is 0.273. The molecule has 1 aliphatic heterocycles. The van der Waals surface area contributed by atoms with E-state index in [2.05, 4.69) is 11.8 Å². The molecule has 0 bridgehead atoms. The summed E-state index contributed by atoms with van der Waals surface area (Å²) in [4.78, 5) is 2.32. The van der Waals surface area contributed by atoms with Gasteiger partial charge in [-0.15, -0.1) is 0 Å². The molecule has 0 aromatic heterocycles. The van der Waals surface area contributed by atoms with E-state index in [1.165, 1.54) is 5.69 Å². The van der Waals surface area contributed by atoms with E-state index in [4.69, 9.17) is 10.5 Å². The van der Waals surface area contributed by atoms with Gasteiger partial charge in [-0.2, -0.15) is 0 Å². The van der Waals surface area contributed by atoms with Crippen LogP contribution in [0.25, 0.3) is 0 Å². The summed E-state index contributed by atoms with van der Waals surface area (Å²) in [5, 5.41) is 0. The van der Waals surface area contributed by atoms with Gasteiger partial charge >= 0.3 is 0 Å². The van der Waals surface area contributed by atoms with Crippen molar-refractivity contribution in [2.24, 2.45) is 5.73 Å². The van der Waals surface area contributed by atoms with Crippen LogP contribution in [0.3, 0.4) is 0 Å². The number of anilines is 1. The first kappa shape index (κ1) is 13.1. The van der Waals surface area contributed by atoms with Crippen LogP contribution in [0.1, 0.15) is 18.4 Å². The maximum absolute atomic E-state index is 12.0. The average Bonchev–Trinajstić information content (AvgIpc) is 2.36. The standard InChI is InChI=1S/C14H21FN2O/c1-11-9-13(18-8-6-15)4-5-14(11)17-7-2-3-12(16)10-17/h4-5,9,12H,2-3,6-8,10,16H2,1H3. The number of halogens is 1. The number of ether oxygens (including phenoxy) is 1. The molecule has 1 saturated heterocycles. The van der Waals surface area contributed by atoms with Crippen LogP contribution < -0.4 is 15.4 Å². The second kappa shape index (κ2) is 6.05. The van der Waals surface area contributed by atoms with Crippen molar-refractivity contribution in [1.29, 1.82) is 0 Å². The van der Waals surface area contributed by atoms with Crippen LogP contribution in [0.2, 0.25) is 0 Å². The van der Waals surface area contributed by atoms with Crippen molar-refractivity contribution >= 4 is 5.69 Å². The fourth-order valence-corrected chi connectivity index (χ4v) is 2.46. The third-order valence-corrected chi connectivity index (χ3v) is 3.31. The molecule has 0 aliphatic carbocycles. The lowest BCUT2D eigenvalue weighted by Crippen LogP contribution is -2.43. The summed E-state index contributed by atoms with van der Waals surface area (Å²) in [6, 6.07) is 6.17. The summed E-state index contributed by atoms with van der Waals surface area (Å²) in [5.41, 5.74) is 8.36. The molecular weight excluding hydrogens is 231 g/mol. The molecule has 1 fully saturated rings. The van der Waals surface area contributed by atoms with Crippen LogP contribution in [0, 0.1) is 6.92 Å². The SMILES string of the molecule is Cc1cc(OCCF)ccc1N1CCCC(N)C1. The molecule has 1 aliphatic rings. The Kier molecular flexibility index (Phi) is 4.42. The zero-order valence-electron chi connectivity index (χ0n) is 10.9. The Morgan fingerprint density at radius 1 is 1.50 bits per heavy atom. The quantitative estimate of drug-likeness (QED) is 0.893. The van der Waals surface area contributed by atoms with Gasteiger partial charge in [0.1, 0.15) is 19.0 Å². The fraction of sp³-hybridized carbons (Fsp3) is 0.571. The molecule has 0 amide bonds. The van der Waals surface area contributed by atoms with Gasteiger partial charge in [0.25, 0.3) is 0 Å². The Labute approximate surface area is 108 Å². The maximum Gasteiger partial charge on any atom is 0.123 e. The molecule has 1 aromatic carbocycles. The molecule has 4 heteroatoms. The van der Waals surface area contributed by atoms with Crippen LogP contribution in [0.5, 0.6) is 5.75 Å². The van der Waals surface area contributed by atoms with E-state index in [-0.39, 0.29) is 12.6 Å². The van der Waals surface area contributed by atoms with E-state index < -0.39 is 6.67 Å². The largest absolute Gasteiger partial charge is 0.491 e. The van der Waals surface area contributed by atoms with Crippen molar-refractivity contribution < 1.29 is 9.13 Å². The Hall–Kier alpha value is -1.29. The van der Waals surface area contributed by atoms with Crippen molar-refractivity contribution in [3.63, 3.8) is 0 Å². The molecule has 3 nitrogen and oxygen atoms in total. The second-order valence-corrected chi connectivity index (χ2v) is 4.83. The molecule has 1 aromatic rings.